The van der Waals surface area contributed by atoms with Gasteiger partial charge in [-0.2, -0.15) is 10.2 Å². The highest BCUT2D eigenvalue weighted by Crippen LogP contribution is 2.45. The highest BCUT2D eigenvalue weighted by molar-refractivity contribution is 8.19. The van der Waals surface area contributed by atoms with Crippen molar-refractivity contribution >= 4 is 40.1 Å². The van der Waals surface area contributed by atoms with Crippen molar-refractivity contribution in [2.24, 2.45) is 10.2 Å². The van der Waals surface area contributed by atoms with Crippen LogP contribution in [0.5, 0.6) is 5.75 Å². The van der Waals surface area contributed by atoms with Gasteiger partial charge in [0.25, 0.3) is 0 Å². The van der Waals surface area contributed by atoms with Gasteiger partial charge >= 0.3 is 0 Å². The molecule has 29 heavy (non-hydrogen) atoms. The van der Waals surface area contributed by atoms with Gasteiger partial charge in [-0.3, -0.25) is 0 Å². The second-order valence-corrected chi connectivity index (χ2v) is 10.2. The van der Waals surface area contributed by atoms with Gasteiger partial charge < -0.3 is 4.52 Å². The summed E-state index contributed by atoms with van der Waals surface area (Å²) >= 11 is 6.11. The topological polar surface area (TPSA) is 34.0 Å². The molecule has 0 amide bonds. The van der Waals surface area contributed by atoms with Crippen LogP contribution >= 0.6 is 6.26 Å². The standard InChI is InChI=1S/C24H19N2OPS/c29-28(23-12-6-2-7-13-23,24-14-8-3-9-15-24)27-22-18-16-21(17-19-22)26-25-20-10-4-1-5-11-20/h1-19H. The Balaban J connectivity index is 1.60. The Labute approximate surface area is 175 Å². The van der Waals surface area contributed by atoms with E-state index in [0.29, 0.717) is 0 Å². The molecule has 4 aromatic carbocycles. The van der Waals surface area contributed by atoms with Crippen molar-refractivity contribution in [3.8, 4) is 5.75 Å². The van der Waals surface area contributed by atoms with E-state index >= 15 is 0 Å². The minimum atomic E-state index is -2.45. The molecule has 4 rings (SSSR count). The molecule has 0 heterocycles. The highest BCUT2D eigenvalue weighted by Gasteiger charge is 2.24. The van der Waals surface area contributed by atoms with Crippen molar-refractivity contribution < 1.29 is 4.52 Å². The number of nitrogens with zero attached hydrogens (tertiary/aromatic N) is 2. The molecule has 0 saturated carbocycles. The van der Waals surface area contributed by atoms with Gasteiger partial charge in [0, 0.05) is 10.6 Å². The molecular formula is C24H19N2OPS. The van der Waals surface area contributed by atoms with Crippen LogP contribution in [0.15, 0.2) is 125 Å². The molecule has 0 aliphatic heterocycles. The summed E-state index contributed by atoms with van der Waals surface area (Å²) in [5.41, 5.74) is 1.57. The highest BCUT2D eigenvalue weighted by atomic mass is 32.4. The van der Waals surface area contributed by atoms with Gasteiger partial charge in [-0.25, -0.2) is 0 Å². The van der Waals surface area contributed by atoms with Crippen molar-refractivity contribution in [1.29, 1.82) is 0 Å². The van der Waals surface area contributed by atoms with Gasteiger partial charge in [0.15, 0.2) is 6.26 Å². The lowest BCUT2D eigenvalue weighted by atomic mass is 10.3. The number of hydrogen-bond donors (Lipinski definition) is 0. The van der Waals surface area contributed by atoms with Crippen molar-refractivity contribution in [3.63, 3.8) is 0 Å². The van der Waals surface area contributed by atoms with Crippen LogP contribution in [0.2, 0.25) is 0 Å². The number of benzene rings is 4. The number of hydrogen-bond acceptors (Lipinski definition) is 4. The summed E-state index contributed by atoms with van der Waals surface area (Å²) in [6, 6.07) is 37.3. The van der Waals surface area contributed by atoms with E-state index in [1.165, 1.54) is 0 Å². The Bertz CT molecular complexity index is 1090. The monoisotopic (exact) mass is 414 g/mol. The van der Waals surface area contributed by atoms with E-state index in [-0.39, 0.29) is 0 Å². The van der Waals surface area contributed by atoms with E-state index in [2.05, 4.69) is 10.2 Å². The van der Waals surface area contributed by atoms with Gasteiger partial charge in [-0.15, -0.1) is 0 Å². The van der Waals surface area contributed by atoms with Gasteiger partial charge in [-0.05, 0) is 48.2 Å². The zero-order valence-corrected chi connectivity index (χ0v) is 17.3. The second kappa shape index (κ2) is 8.95. The van der Waals surface area contributed by atoms with E-state index < -0.39 is 6.26 Å². The normalized spacial score (nSPS) is 11.4. The van der Waals surface area contributed by atoms with Crippen LogP contribution in [-0.2, 0) is 11.8 Å². The lowest BCUT2D eigenvalue weighted by Crippen LogP contribution is -2.19. The lowest BCUT2D eigenvalue weighted by Gasteiger charge is -2.24. The van der Waals surface area contributed by atoms with E-state index in [9.17, 15) is 0 Å². The first-order valence-corrected chi connectivity index (χ1v) is 11.9. The van der Waals surface area contributed by atoms with Crippen LogP contribution in [0.4, 0.5) is 11.4 Å². The van der Waals surface area contributed by atoms with Crippen LogP contribution in [0, 0.1) is 0 Å². The van der Waals surface area contributed by atoms with E-state index in [1.807, 2.05) is 115 Å². The maximum Gasteiger partial charge on any atom is 0.171 e. The molecule has 3 nitrogen and oxygen atoms in total. The molecule has 0 bridgehead atoms. The fourth-order valence-corrected chi connectivity index (χ4v) is 5.88. The Morgan fingerprint density at radius 1 is 0.517 bits per heavy atom. The summed E-state index contributed by atoms with van der Waals surface area (Å²) in [7, 11) is 0. The van der Waals surface area contributed by atoms with Gasteiger partial charge in [0.1, 0.15) is 5.75 Å². The largest absolute Gasteiger partial charge is 0.458 e. The van der Waals surface area contributed by atoms with Gasteiger partial charge in [0.2, 0.25) is 0 Å². The molecule has 0 spiro atoms. The first-order valence-electron chi connectivity index (χ1n) is 9.22. The number of azo groups is 1. The minimum Gasteiger partial charge on any atom is -0.458 e. The minimum absolute atomic E-state index is 0.722. The first kappa shape index (κ1) is 19.3. The lowest BCUT2D eigenvalue weighted by molar-refractivity contribution is 0.628. The maximum atomic E-state index is 6.45. The molecular weight excluding hydrogens is 395 g/mol. The van der Waals surface area contributed by atoms with E-state index in [1.54, 1.807) is 0 Å². The predicted octanol–water partition coefficient (Wildman–Crippen LogP) is 6.53. The molecule has 0 unspecified atom stereocenters. The summed E-state index contributed by atoms with van der Waals surface area (Å²) in [6.45, 7) is 0. The average Bonchev–Trinajstić information content (AvgIpc) is 2.80. The van der Waals surface area contributed by atoms with Crippen LogP contribution in [0.25, 0.3) is 0 Å². The summed E-state index contributed by atoms with van der Waals surface area (Å²) < 4.78 is 6.45. The van der Waals surface area contributed by atoms with Crippen molar-refractivity contribution in [2.75, 3.05) is 0 Å². The molecule has 0 radical (unpaired) electrons. The average molecular weight is 414 g/mol. The third-order valence-electron chi connectivity index (χ3n) is 4.30. The van der Waals surface area contributed by atoms with Crippen molar-refractivity contribution in [2.45, 2.75) is 0 Å². The molecule has 4 aromatic rings. The Kier molecular flexibility index (Phi) is 5.95. The molecule has 0 aliphatic rings. The van der Waals surface area contributed by atoms with Gasteiger partial charge in [0.05, 0.1) is 11.4 Å². The molecule has 0 N–H and O–H groups in total. The Hall–Kier alpha value is -3.07. The third-order valence-corrected chi connectivity index (χ3v) is 8.21. The summed E-state index contributed by atoms with van der Waals surface area (Å²) in [5.74, 6) is 0.722. The Morgan fingerprint density at radius 2 is 0.931 bits per heavy atom. The molecule has 0 aromatic heterocycles. The quantitative estimate of drug-likeness (QED) is 0.266. The van der Waals surface area contributed by atoms with Gasteiger partial charge in [-0.1, -0.05) is 78.9 Å². The van der Waals surface area contributed by atoms with Crippen LogP contribution in [0.1, 0.15) is 0 Å². The second-order valence-electron chi connectivity index (χ2n) is 6.34. The number of rotatable bonds is 6. The van der Waals surface area contributed by atoms with Crippen molar-refractivity contribution in [3.05, 3.63) is 115 Å². The van der Waals surface area contributed by atoms with E-state index in [4.69, 9.17) is 16.3 Å². The van der Waals surface area contributed by atoms with Crippen LogP contribution < -0.4 is 15.1 Å². The zero-order chi connectivity index (χ0) is 19.9. The summed E-state index contributed by atoms with van der Waals surface area (Å²) in [4.78, 5) is 0. The Morgan fingerprint density at radius 3 is 1.41 bits per heavy atom. The van der Waals surface area contributed by atoms with Crippen molar-refractivity contribution in [1.82, 2.24) is 0 Å². The fraction of sp³-hybridized carbons (Fsp3) is 0. The fourth-order valence-electron chi connectivity index (χ4n) is 2.84. The maximum absolute atomic E-state index is 6.45. The molecule has 0 saturated heterocycles. The summed E-state index contributed by atoms with van der Waals surface area (Å²) in [5, 5.41) is 10.6. The predicted molar refractivity (Wildman–Crippen MR) is 124 cm³/mol. The summed E-state index contributed by atoms with van der Waals surface area (Å²) in [6.07, 6.45) is -2.45. The zero-order valence-electron chi connectivity index (χ0n) is 15.6. The molecule has 0 fully saturated rings. The smallest absolute Gasteiger partial charge is 0.171 e. The SMILES string of the molecule is S=P(Oc1ccc(N=Nc2ccccc2)cc1)(c1ccccc1)c1ccccc1. The molecule has 5 heteroatoms. The molecule has 0 aliphatic carbocycles. The van der Waals surface area contributed by atoms with Crippen LogP contribution in [-0.4, -0.2) is 0 Å². The third kappa shape index (κ3) is 4.68. The first-order chi connectivity index (χ1) is 14.2. The van der Waals surface area contributed by atoms with E-state index in [0.717, 1.165) is 27.7 Å². The molecule has 0 atom stereocenters. The van der Waals surface area contributed by atoms with Crippen LogP contribution in [0.3, 0.4) is 0 Å². The molecule has 142 valence electrons.